The topological polar surface area (TPSA) is 125 Å². The number of hydrogen-bond acceptors (Lipinski definition) is 6. The molecule has 1 fully saturated rings. The van der Waals surface area contributed by atoms with Gasteiger partial charge in [-0.15, -0.1) is 0 Å². The average molecular weight is 300 g/mol. The van der Waals surface area contributed by atoms with Gasteiger partial charge in [0.1, 0.15) is 5.60 Å². The minimum atomic E-state index is -1.93. The molecule has 1 amide bonds. The van der Waals surface area contributed by atoms with Crippen molar-refractivity contribution in [3.63, 3.8) is 0 Å². The van der Waals surface area contributed by atoms with Gasteiger partial charge >= 0.3 is 12.1 Å². The van der Waals surface area contributed by atoms with Crippen molar-refractivity contribution in [2.75, 3.05) is 20.2 Å². The van der Waals surface area contributed by atoms with Crippen LogP contribution in [-0.4, -0.2) is 59.5 Å². The fourth-order valence-corrected chi connectivity index (χ4v) is 2.02. The number of rotatable bonds is 2. The van der Waals surface area contributed by atoms with Crippen LogP contribution in [0.2, 0.25) is 0 Å². The number of aliphatic hydroxyl groups is 1. The van der Waals surface area contributed by atoms with E-state index < -0.39 is 29.3 Å². The lowest BCUT2D eigenvalue weighted by Crippen LogP contribution is -2.60. The molecule has 0 radical (unpaired) electrons. The molecule has 1 heterocycles. The molecule has 0 aromatic rings. The highest BCUT2D eigenvalue weighted by Crippen LogP contribution is 2.27. The molecule has 118 valence electrons. The van der Waals surface area contributed by atoms with E-state index in [2.05, 4.69) is 14.8 Å². The zero-order valence-electron chi connectivity index (χ0n) is 12.6. The summed E-state index contributed by atoms with van der Waals surface area (Å²) in [6, 6.07) is -1.13. The van der Waals surface area contributed by atoms with E-state index in [4.69, 9.17) is 10.3 Å². The number of nitrogens with zero attached hydrogens (tertiary/aromatic N) is 4. The Morgan fingerprint density at radius 2 is 2.10 bits per heavy atom. The number of methoxy groups -OCH3 is 1. The lowest BCUT2D eigenvalue weighted by atomic mass is 9.87. The van der Waals surface area contributed by atoms with Gasteiger partial charge in [-0.2, -0.15) is 0 Å². The Labute approximate surface area is 122 Å². The van der Waals surface area contributed by atoms with Gasteiger partial charge in [0.15, 0.2) is 5.60 Å². The summed E-state index contributed by atoms with van der Waals surface area (Å²) in [6.07, 6.45) is -0.685. The maximum Gasteiger partial charge on any atom is 0.410 e. The zero-order chi connectivity index (χ0) is 16.3. The Bertz CT molecular complexity index is 469. The van der Waals surface area contributed by atoms with Gasteiger partial charge in [0.25, 0.3) is 0 Å². The molecule has 1 aliphatic heterocycles. The third-order valence-electron chi connectivity index (χ3n) is 3.09. The van der Waals surface area contributed by atoms with E-state index in [1.807, 2.05) is 0 Å². The van der Waals surface area contributed by atoms with E-state index in [0.717, 1.165) is 7.11 Å². The van der Waals surface area contributed by atoms with Crippen molar-refractivity contribution in [1.29, 1.82) is 0 Å². The van der Waals surface area contributed by atoms with Crippen molar-refractivity contribution in [2.45, 2.75) is 44.4 Å². The van der Waals surface area contributed by atoms with Crippen molar-refractivity contribution < 1.29 is 24.2 Å². The summed E-state index contributed by atoms with van der Waals surface area (Å²) in [7, 11) is 1.13. The second-order valence-electron chi connectivity index (χ2n) is 5.81. The molecule has 2 atom stereocenters. The molecule has 0 bridgehead atoms. The molecule has 0 aromatic heterocycles. The Morgan fingerprint density at radius 1 is 1.48 bits per heavy atom. The van der Waals surface area contributed by atoms with E-state index in [9.17, 15) is 14.7 Å². The molecule has 21 heavy (non-hydrogen) atoms. The van der Waals surface area contributed by atoms with Gasteiger partial charge in [-0.25, -0.2) is 9.59 Å². The Kier molecular flexibility index (Phi) is 5.03. The minimum absolute atomic E-state index is 0.0946. The number of likely N-dealkylation sites (tertiary alicyclic amines) is 1. The van der Waals surface area contributed by atoms with Crippen LogP contribution in [0.5, 0.6) is 0 Å². The van der Waals surface area contributed by atoms with Gasteiger partial charge in [0.05, 0.1) is 13.2 Å². The van der Waals surface area contributed by atoms with Gasteiger partial charge in [-0.05, 0) is 26.3 Å². The summed E-state index contributed by atoms with van der Waals surface area (Å²) >= 11 is 0. The van der Waals surface area contributed by atoms with Crippen molar-refractivity contribution in [3.8, 4) is 0 Å². The number of carbonyl (C=O) groups excluding carboxylic acids is 2. The third-order valence-corrected chi connectivity index (χ3v) is 3.09. The molecule has 1 saturated heterocycles. The summed E-state index contributed by atoms with van der Waals surface area (Å²) in [4.78, 5) is 27.6. The van der Waals surface area contributed by atoms with Crippen LogP contribution in [-0.2, 0) is 14.3 Å². The zero-order valence-corrected chi connectivity index (χ0v) is 12.6. The molecule has 0 unspecified atom stereocenters. The van der Waals surface area contributed by atoms with E-state index in [0.29, 0.717) is 0 Å². The molecule has 1 rings (SSSR count). The van der Waals surface area contributed by atoms with E-state index >= 15 is 0 Å². The molecule has 9 heteroatoms. The second kappa shape index (κ2) is 6.19. The van der Waals surface area contributed by atoms with Crippen LogP contribution >= 0.6 is 0 Å². The number of piperidine rings is 1. The van der Waals surface area contributed by atoms with Crippen molar-refractivity contribution in [1.82, 2.24) is 4.90 Å². The molecular formula is C12H20N4O5. The largest absolute Gasteiger partial charge is 0.467 e. The van der Waals surface area contributed by atoms with Crippen LogP contribution in [0.3, 0.4) is 0 Å². The SMILES string of the molecule is COC(=O)[C@@]1(O)CCN(C(=O)OC(C)(C)C)C[C@H]1N=[N+]=[N-]. The number of amides is 1. The normalized spacial score (nSPS) is 25.8. The predicted molar refractivity (Wildman–Crippen MR) is 72.3 cm³/mol. The molecular weight excluding hydrogens is 280 g/mol. The van der Waals surface area contributed by atoms with E-state index in [1.54, 1.807) is 20.8 Å². The van der Waals surface area contributed by atoms with Crippen molar-refractivity contribution in [2.24, 2.45) is 5.11 Å². The van der Waals surface area contributed by atoms with Gasteiger partial charge in [-0.3, -0.25) is 0 Å². The summed E-state index contributed by atoms with van der Waals surface area (Å²) in [6.45, 7) is 5.15. The maximum atomic E-state index is 12.0. The van der Waals surface area contributed by atoms with Crippen LogP contribution in [0.1, 0.15) is 27.2 Å². The fourth-order valence-electron chi connectivity index (χ4n) is 2.02. The third kappa shape index (κ3) is 3.99. The number of azide groups is 1. The van der Waals surface area contributed by atoms with Gasteiger partial charge in [0.2, 0.25) is 0 Å². The number of carbonyl (C=O) groups is 2. The first kappa shape index (κ1) is 17.1. The second-order valence-corrected chi connectivity index (χ2v) is 5.81. The smallest absolute Gasteiger partial charge is 0.410 e. The molecule has 0 aromatic carbocycles. The lowest BCUT2D eigenvalue weighted by molar-refractivity contribution is -0.169. The number of esters is 1. The maximum absolute atomic E-state index is 12.0. The Hall–Kier alpha value is -1.99. The summed E-state index contributed by atoms with van der Waals surface area (Å²) < 4.78 is 9.75. The first-order valence-electron chi connectivity index (χ1n) is 6.47. The van der Waals surface area contributed by atoms with Gasteiger partial charge in [0, 0.05) is 24.4 Å². The standard InChI is InChI=1S/C12H20N4O5/c1-11(2,3)21-10(18)16-6-5-12(19,9(17)20-4)8(7-16)14-15-13/h8,19H,5-7H2,1-4H3/t8-,12-/m1/s1. The number of ether oxygens (including phenoxy) is 2. The highest BCUT2D eigenvalue weighted by molar-refractivity contribution is 5.81. The molecule has 1 N–H and O–H groups in total. The van der Waals surface area contributed by atoms with Crippen molar-refractivity contribution in [3.05, 3.63) is 10.4 Å². The van der Waals surface area contributed by atoms with Crippen molar-refractivity contribution >= 4 is 12.1 Å². The fraction of sp³-hybridized carbons (Fsp3) is 0.833. The average Bonchev–Trinajstić information content (AvgIpc) is 2.38. The summed E-state index contributed by atoms with van der Waals surface area (Å²) in [5, 5.41) is 13.8. The predicted octanol–water partition coefficient (Wildman–Crippen LogP) is 1.21. The van der Waals surface area contributed by atoms with Crippen LogP contribution in [0.15, 0.2) is 5.11 Å². The summed E-state index contributed by atoms with van der Waals surface area (Å²) in [5.41, 5.74) is 5.98. The quantitative estimate of drug-likeness (QED) is 0.355. The monoisotopic (exact) mass is 300 g/mol. The molecule has 0 spiro atoms. The van der Waals surface area contributed by atoms with E-state index in [-0.39, 0.29) is 19.5 Å². The van der Waals surface area contributed by atoms with Gasteiger partial charge < -0.3 is 19.5 Å². The lowest BCUT2D eigenvalue weighted by Gasteiger charge is -2.40. The first-order chi connectivity index (χ1) is 9.64. The molecule has 0 aliphatic carbocycles. The van der Waals surface area contributed by atoms with Crippen LogP contribution in [0.25, 0.3) is 10.4 Å². The van der Waals surface area contributed by atoms with E-state index in [1.165, 1.54) is 4.90 Å². The number of hydrogen-bond donors (Lipinski definition) is 1. The Morgan fingerprint density at radius 3 is 2.57 bits per heavy atom. The highest BCUT2D eigenvalue weighted by atomic mass is 16.6. The highest BCUT2D eigenvalue weighted by Gasteiger charge is 2.49. The Balaban J connectivity index is 2.90. The summed E-state index contributed by atoms with van der Waals surface area (Å²) in [5.74, 6) is -0.885. The molecule has 9 nitrogen and oxygen atoms in total. The first-order valence-corrected chi connectivity index (χ1v) is 6.47. The molecule has 1 aliphatic rings. The van der Waals surface area contributed by atoms with Crippen LogP contribution in [0.4, 0.5) is 4.79 Å². The van der Waals surface area contributed by atoms with Gasteiger partial charge in [-0.1, -0.05) is 5.11 Å². The van der Waals surface area contributed by atoms with Crippen LogP contribution < -0.4 is 0 Å². The minimum Gasteiger partial charge on any atom is -0.467 e. The molecule has 0 saturated carbocycles. The van der Waals surface area contributed by atoms with Crippen LogP contribution in [0, 0.1) is 0 Å².